The number of fused-ring (bicyclic) bond motifs is 2. The Balaban J connectivity index is 0.000000821. The summed E-state index contributed by atoms with van der Waals surface area (Å²) in [6.07, 6.45) is 4.99. The Morgan fingerprint density at radius 1 is 1.00 bits per heavy atom. The second-order valence-corrected chi connectivity index (χ2v) is 8.00. The maximum absolute atomic E-state index is 13.1. The number of aryl methyl sites for hydroxylation is 2. The molecule has 5 rings (SSSR count). The van der Waals surface area contributed by atoms with E-state index < -0.39 is 0 Å². The van der Waals surface area contributed by atoms with Crippen LogP contribution in [0.25, 0.3) is 38.8 Å². The van der Waals surface area contributed by atoms with Crippen molar-refractivity contribution in [1.29, 1.82) is 5.26 Å². The van der Waals surface area contributed by atoms with Crippen molar-refractivity contribution in [3.63, 3.8) is 0 Å². The smallest absolute Gasteiger partial charge is 0.331 e. The van der Waals surface area contributed by atoms with E-state index in [0.717, 1.165) is 46.0 Å². The maximum atomic E-state index is 13.1. The van der Waals surface area contributed by atoms with Crippen LogP contribution in [-0.4, -0.2) is 32.8 Å². The normalized spacial score (nSPS) is 10.9. The zero-order valence-corrected chi connectivity index (χ0v) is 19.4. The first-order valence-electron chi connectivity index (χ1n) is 11.0. The molecule has 7 nitrogen and oxygen atoms in total. The van der Waals surface area contributed by atoms with Crippen molar-refractivity contribution in [2.45, 2.75) is 19.9 Å². The fraction of sp³-hybridized carbons (Fsp3) is 0.231. The summed E-state index contributed by atoms with van der Waals surface area (Å²) in [5, 5.41) is 14.6. The van der Waals surface area contributed by atoms with Crippen LogP contribution in [0.15, 0.2) is 65.7 Å². The van der Waals surface area contributed by atoms with Gasteiger partial charge >= 0.3 is 5.69 Å². The molecule has 168 valence electrons. The lowest BCUT2D eigenvalue weighted by Gasteiger charge is -2.06. The third-order valence-electron chi connectivity index (χ3n) is 5.63. The van der Waals surface area contributed by atoms with Crippen LogP contribution in [0.5, 0.6) is 0 Å². The van der Waals surface area contributed by atoms with Crippen molar-refractivity contribution >= 4 is 21.8 Å². The zero-order valence-electron chi connectivity index (χ0n) is 19.4. The van der Waals surface area contributed by atoms with Crippen LogP contribution >= 0.6 is 0 Å². The molecule has 0 radical (unpaired) electrons. The average molecular weight is 441 g/mol. The van der Waals surface area contributed by atoms with E-state index >= 15 is 0 Å². The number of aromatic amines is 1. The minimum absolute atomic E-state index is 0.271. The molecule has 0 atom stereocenters. The van der Waals surface area contributed by atoms with Gasteiger partial charge in [0.1, 0.15) is 11.8 Å². The second kappa shape index (κ2) is 9.23. The van der Waals surface area contributed by atoms with Crippen LogP contribution in [0.1, 0.15) is 19.0 Å². The predicted octanol–water partition coefficient (Wildman–Crippen LogP) is 4.40. The van der Waals surface area contributed by atoms with E-state index in [1.54, 1.807) is 4.57 Å². The molecule has 7 heteroatoms. The molecule has 0 unspecified atom stereocenters. The van der Waals surface area contributed by atoms with Gasteiger partial charge in [0, 0.05) is 53.4 Å². The Kier molecular flexibility index (Phi) is 6.20. The molecule has 0 aliphatic carbocycles. The summed E-state index contributed by atoms with van der Waals surface area (Å²) in [6, 6.07) is 18.3. The number of benzene rings is 2. The number of rotatable bonds is 4. The van der Waals surface area contributed by atoms with Gasteiger partial charge in [0.05, 0.1) is 11.4 Å². The molecule has 0 fully saturated rings. The number of para-hydroxylation sites is 2. The van der Waals surface area contributed by atoms with E-state index in [-0.39, 0.29) is 11.4 Å². The minimum atomic E-state index is -0.315. The molecule has 0 aliphatic heterocycles. The summed E-state index contributed by atoms with van der Waals surface area (Å²) < 4.78 is 5.83. The predicted molar refractivity (Wildman–Crippen MR) is 134 cm³/mol. The molecular weight excluding hydrogens is 412 g/mol. The van der Waals surface area contributed by atoms with E-state index in [1.807, 2.05) is 74.4 Å². The van der Waals surface area contributed by atoms with Gasteiger partial charge in [-0.15, -0.1) is 0 Å². The summed E-state index contributed by atoms with van der Waals surface area (Å²) in [5.74, 6) is 0. The SMILES string of the molecule is CCCn1cc(-c2c(C#N)[nH]c(=O)n2-c2cn(C)c3ccccc23)c2ccccc21.CNC. The maximum Gasteiger partial charge on any atom is 0.331 e. The van der Waals surface area contributed by atoms with Gasteiger partial charge in [-0.25, -0.2) is 4.79 Å². The Labute approximate surface area is 192 Å². The highest BCUT2D eigenvalue weighted by Gasteiger charge is 2.23. The summed E-state index contributed by atoms with van der Waals surface area (Å²) >= 11 is 0. The number of hydrogen-bond donors (Lipinski definition) is 2. The van der Waals surface area contributed by atoms with Crippen LogP contribution in [0.4, 0.5) is 0 Å². The average Bonchev–Trinajstić information content (AvgIpc) is 3.46. The van der Waals surface area contributed by atoms with E-state index in [4.69, 9.17) is 0 Å². The Morgan fingerprint density at radius 3 is 2.30 bits per heavy atom. The Morgan fingerprint density at radius 2 is 1.64 bits per heavy atom. The van der Waals surface area contributed by atoms with Crippen LogP contribution in [0.3, 0.4) is 0 Å². The molecule has 33 heavy (non-hydrogen) atoms. The fourth-order valence-electron chi connectivity index (χ4n) is 4.36. The molecule has 0 amide bonds. The minimum Gasteiger partial charge on any atom is -0.348 e. The molecular formula is C26H28N6O. The van der Waals surface area contributed by atoms with Crippen molar-refractivity contribution in [3.05, 3.63) is 77.1 Å². The van der Waals surface area contributed by atoms with Crippen molar-refractivity contribution < 1.29 is 0 Å². The van der Waals surface area contributed by atoms with Gasteiger partial charge in [0.2, 0.25) is 0 Å². The number of nitrogens with zero attached hydrogens (tertiary/aromatic N) is 4. The summed E-state index contributed by atoms with van der Waals surface area (Å²) in [6.45, 7) is 3.00. The summed E-state index contributed by atoms with van der Waals surface area (Å²) in [7, 11) is 5.71. The molecule has 2 aromatic carbocycles. The topological polar surface area (TPSA) is 83.5 Å². The number of H-pyrrole nitrogens is 1. The van der Waals surface area contributed by atoms with Crippen molar-refractivity contribution in [2.75, 3.05) is 14.1 Å². The van der Waals surface area contributed by atoms with Gasteiger partial charge in [-0.05, 0) is 32.6 Å². The number of nitrogens with one attached hydrogen (secondary N) is 2. The van der Waals surface area contributed by atoms with Crippen molar-refractivity contribution in [3.8, 4) is 23.0 Å². The Bertz CT molecular complexity index is 1520. The van der Waals surface area contributed by atoms with Gasteiger partial charge in [0.25, 0.3) is 0 Å². The van der Waals surface area contributed by atoms with E-state index in [0.29, 0.717) is 5.69 Å². The van der Waals surface area contributed by atoms with Crippen molar-refractivity contribution in [2.24, 2.45) is 7.05 Å². The Hall–Kier alpha value is -4.02. The molecule has 0 saturated carbocycles. The largest absolute Gasteiger partial charge is 0.348 e. The third-order valence-corrected chi connectivity index (χ3v) is 5.63. The lowest BCUT2D eigenvalue weighted by Crippen LogP contribution is -2.15. The zero-order chi connectivity index (χ0) is 23.5. The first-order chi connectivity index (χ1) is 16.0. The van der Waals surface area contributed by atoms with Gasteiger partial charge < -0.3 is 14.5 Å². The van der Waals surface area contributed by atoms with Crippen LogP contribution in [0, 0.1) is 11.3 Å². The highest BCUT2D eigenvalue weighted by molar-refractivity contribution is 5.97. The first kappa shape index (κ1) is 22.2. The van der Waals surface area contributed by atoms with Gasteiger partial charge in [0.15, 0.2) is 0 Å². The first-order valence-corrected chi connectivity index (χ1v) is 11.0. The molecule has 5 aromatic rings. The van der Waals surface area contributed by atoms with Gasteiger partial charge in [-0.3, -0.25) is 9.55 Å². The molecule has 0 aliphatic rings. The summed E-state index contributed by atoms with van der Waals surface area (Å²) in [5.41, 5.74) is 4.32. The van der Waals surface area contributed by atoms with E-state index in [1.165, 1.54) is 0 Å². The molecule has 0 bridgehead atoms. The van der Waals surface area contributed by atoms with E-state index in [9.17, 15) is 10.1 Å². The lowest BCUT2D eigenvalue weighted by atomic mass is 10.1. The molecule has 3 aromatic heterocycles. The number of imidazole rings is 1. The standard InChI is InChI=1S/C24H21N5O.C2H7N/c1-3-12-28-14-18(16-8-4-7-11-21(16)28)23-19(13-25)26-24(30)29(23)22-15-27(2)20-10-6-5-9-17(20)22;1-3-2/h4-11,14-15H,3,12H2,1-2H3,(H,26,30);3H,1-2H3. The lowest BCUT2D eigenvalue weighted by molar-refractivity contribution is 0.704. The highest BCUT2D eigenvalue weighted by atomic mass is 16.1. The fourth-order valence-corrected chi connectivity index (χ4v) is 4.36. The van der Waals surface area contributed by atoms with Crippen LogP contribution in [0.2, 0.25) is 0 Å². The number of nitriles is 1. The number of hydrogen-bond acceptors (Lipinski definition) is 3. The van der Waals surface area contributed by atoms with Crippen molar-refractivity contribution in [1.82, 2.24) is 24.0 Å². The second-order valence-electron chi connectivity index (χ2n) is 8.00. The third kappa shape index (κ3) is 3.75. The molecule has 0 saturated heterocycles. The quantitative estimate of drug-likeness (QED) is 0.435. The van der Waals surface area contributed by atoms with E-state index in [2.05, 4.69) is 40.1 Å². The van der Waals surface area contributed by atoms with Crippen LogP contribution in [-0.2, 0) is 13.6 Å². The number of aromatic nitrogens is 4. The van der Waals surface area contributed by atoms with Gasteiger partial charge in [-0.2, -0.15) is 5.26 Å². The summed E-state index contributed by atoms with van der Waals surface area (Å²) in [4.78, 5) is 15.8. The molecule has 0 spiro atoms. The van der Waals surface area contributed by atoms with Gasteiger partial charge in [-0.1, -0.05) is 43.3 Å². The van der Waals surface area contributed by atoms with Crippen LogP contribution < -0.4 is 11.0 Å². The highest BCUT2D eigenvalue weighted by Crippen LogP contribution is 2.35. The monoisotopic (exact) mass is 440 g/mol. The molecule has 3 heterocycles. The molecule has 2 N–H and O–H groups in total.